The van der Waals surface area contributed by atoms with Gasteiger partial charge in [0.15, 0.2) is 5.82 Å². The molecule has 1 aliphatic heterocycles. The van der Waals surface area contributed by atoms with Crippen LogP contribution in [0, 0.1) is 11.6 Å². The fraction of sp³-hybridized carbons (Fsp3) is 0.300. The number of nitrogens with zero attached hydrogens (tertiary/aromatic N) is 3. The van der Waals surface area contributed by atoms with Crippen LogP contribution in [0.25, 0.3) is 5.52 Å². The summed E-state index contributed by atoms with van der Waals surface area (Å²) in [5.74, 6) is -1.29. The van der Waals surface area contributed by atoms with Crippen LogP contribution in [-0.4, -0.2) is 34.8 Å². The summed E-state index contributed by atoms with van der Waals surface area (Å²) >= 11 is 0.633. The Hall–Kier alpha value is -2.72. The molecule has 1 aliphatic rings. The predicted molar refractivity (Wildman–Crippen MR) is 114 cm³/mol. The minimum absolute atomic E-state index is 0.0568. The molecule has 0 unspecified atom stereocenters. The molecule has 30 heavy (non-hydrogen) atoms. The van der Waals surface area contributed by atoms with Crippen LogP contribution in [0.5, 0.6) is 0 Å². The number of pyridine rings is 1. The van der Waals surface area contributed by atoms with Crippen molar-refractivity contribution in [1.82, 2.24) is 14.3 Å². The van der Waals surface area contributed by atoms with Gasteiger partial charge in [-0.25, -0.2) is 17.7 Å². The number of amides is 1. The molecule has 4 rings (SSSR count). The number of nitrogens with one attached hydrogen (secondary N) is 1. The molecule has 1 aromatic carbocycles. The van der Waals surface area contributed by atoms with Gasteiger partial charge in [-0.15, -0.1) is 0 Å². The summed E-state index contributed by atoms with van der Waals surface area (Å²) in [5.41, 5.74) is 0.419. The third-order valence-electron chi connectivity index (χ3n) is 4.20. The van der Waals surface area contributed by atoms with Gasteiger partial charge in [-0.1, -0.05) is 32.0 Å². The van der Waals surface area contributed by atoms with Gasteiger partial charge in [0.05, 0.1) is 17.4 Å². The molecule has 1 atom stereocenters. The molecule has 0 aliphatic carbocycles. The normalized spacial score (nSPS) is 15.1. The van der Waals surface area contributed by atoms with E-state index >= 15 is 0 Å². The molecule has 3 N–H and O–H groups in total. The largest absolute Gasteiger partial charge is 0.366 e. The van der Waals surface area contributed by atoms with Gasteiger partial charge >= 0.3 is 0 Å². The first-order valence-electron chi connectivity index (χ1n) is 9.42. The number of aromatic nitrogens is 2. The smallest absolute Gasteiger partial charge is 0.266 e. The van der Waals surface area contributed by atoms with E-state index in [1.54, 1.807) is 29.3 Å². The van der Waals surface area contributed by atoms with E-state index in [4.69, 9.17) is 5.14 Å². The number of carbonyl (C=O) groups excluding carboxylic acids is 1. The van der Waals surface area contributed by atoms with Crippen LogP contribution < -0.4 is 14.8 Å². The molecule has 1 saturated heterocycles. The maximum absolute atomic E-state index is 14.7. The number of alkyl halides is 1. The molecule has 0 bridgehead atoms. The van der Waals surface area contributed by atoms with Crippen LogP contribution in [0.3, 0.4) is 0 Å². The van der Waals surface area contributed by atoms with Crippen LogP contribution in [0.15, 0.2) is 48.8 Å². The molecule has 1 amide bonds. The molecular formula is C20H24F3N5OS. The Labute approximate surface area is 177 Å². The Kier molecular flexibility index (Phi) is 9.00. The highest BCUT2D eigenvalue weighted by Crippen LogP contribution is 2.28. The molecule has 2 aromatic heterocycles. The van der Waals surface area contributed by atoms with Crippen LogP contribution in [0.4, 0.5) is 18.9 Å². The zero-order valence-corrected chi connectivity index (χ0v) is 17.5. The SMILES string of the molecule is CC.Fc1ccccc1.NSNC(=O)c1cnn2ccc(N3CC[C@H](F)C3)c(F)c12. The van der Waals surface area contributed by atoms with Gasteiger partial charge in [0.1, 0.15) is 17.5 Å². The molecule has 3 aromatic rings. The van der Waals surface area contributed by atoms with Crippen molar-refractivity contribution in [2.75, 3.05) is 18.0 Å². The molecule has 162 valence electrons. The quantitative estimate of drug-likeness (QED) is 0.601. The first kappa shape index (κ1) is 23.6. The molecule has 10 heteroatoms. The van der Waals surface area contributed by atoms with Crippen molar-refractivity contribution in [1.29, 1.82) is 0 Å². The first-order valence-corrected chi connectivity index (χ1v) is 10.3. The summed E-state index contributed by atoms with van der Waals surface area (Å²) < 4.78 is 43.5. The number of hydrogen-bond acceptors (Lipinski definition) is 5. The average molecular weight is 440 g/mol. The van der Waals surface area contributed by atoms with E-state index in [1.165, 1.54) is 28.9 Å². The Morgan fingerprint density at radius 2 is 1.93 bits per heavy atom. The standard InChI is InChI=1S/C12H13F2N5OS.C6H5F.C2H6/c13-7-1-3-18(6-7)9-2-4-19-11(10(9)14)8(5-16-19)12(20)17-21-15;7-6-4-2-1-3-5-6;1-2/h2,4-5,7H,1,3,6,15H2,(H,17,20);1-5H;1-2H3/t7-;;/m0../s1. The van der Waals surface area contributed by atoms with Crippen LogP contribution >= 0.6 is 12.1 Å². The Balaban J connectivity index is 0.000000299. The van der Waals surface area contributed by atoms with Crippen LogP contribution in [0.1, 0.15) is 30.6 Å². The molecule has 3 heterocycles. The molecule has 0 saturated carbocycles. The zero-order chi connectivity index (χ0) is 22.1. The van der Waals surface area contributed by atoms with Crippen molar-refractivity contribution in [2.45, 2.75) is 26.4 Å². The maximum Gasteiger partial charge on any atom is 0.266 e. The summed E-state index contributed by atoms with van der Waals surface area (Å²) in [4.78, 5) is 13.5. The van der Waals surface area contributed by atoms with E-state index in [0.717, 1.165) is 0 Å². The highest BCUT2D eigenvalue weighted by atomic mass is 32.2. The average Bonchev–Trinajstić information content (AvgIpc) is 3.38. The fourth-order valence-corrected chi connectivity index (χ4v) is 3.12. The molecule has 6 nitrogen and oxygen atoms in total. The van der Waals surface area contributed by atoms with E-state index in [1.807, 2.05) is 13.8 Å². The van der Waals surface area contributed by atoms with E-state index < -0.39 is 17.9 Å². The topological polar surface area (TPSA) is 75.7 Å². The Morgan fingerprint density at radius 1 is 1.23 bits per heavy atom. The lowest BCUT2D eigenvalue weighted by atomic mass is 10.2. The summed E-state index contributed by atoms with van der Waals surface area (Å²) in [5, 5.41) is 9.11. The van der Waals surface area contributed by atoms with E-state index in [9.17, 15) is 18.0 Å². The van der Waals surface area contributed by atoms with Crippen LogP contribution in [0.2, 0.25) is 0 Å². The lowest BCUT2D eigenvalue weighted by Crippen LogP contribution is -2.22. The number of anilines is 1. The van der Waals surface area contributed by atoms with Gasteiger partial charge in [-0.2, -0.15) is 5.10 Å². The zero-order valence-electron chi connectivity index (χ0n) is 16.7. The lowest BCUT2D eigenvalue weighted by molar-refractivity contribution is 0.0985. The number of carbonyl (C=O) groups is 1. The van der Waals surface area contributed by atoms with Gasteiger partial charge in [0.2, 0.25) is 0 Å². The maximum atomic E-state index is 14.7. The third kappa shape index (κ3) is 5.67. The number of fused-ring (bicyclic) bond motifs is 1. The number of benzene rings is 1. The summed E-state index contributed by atoms with van der Waals surface area (Å²) in [6.45, 7) is 4.60. The van der Waals surface area contributed by atoms with Gasteiger partial charge in [0, 0.05) is 31.4 Å². The van der Waals surface area contributed by atoms with Crippen molar-refractivity contribution in [3.63, 3.8) is 0 Å². The summed E-state index contributed by atoms with van der Waals surface area (Å²) in [6, 6.07) is 9.47. The molecule has 1 fully saturated rings. The predicted octanol–water partition coefficient (Wildman–Crippen LogP) is 4.13. The number of rotatable bonds is 3. The van der Waals surface area contributed by atoms with Gasteiger partial charge < -0.3 is 4.90 Å². The minimum atomic E-state index is -0.957. The van der Waals surface area contributed by atoms with E-state index in [-0.39, 0.29) is 29.1 Å². The van der Waals surface area contributed by atoms with Crippen LogP contribution in [-0.2, 0) is 0 Å². The van der Waals surface area contributed by atoms with E-state index in [0.29, 0.717) is 25.1 Å². The second kappa shape index (κ2) is 11.5. The van der Waals surface area contributed by atoms with Crippen molar-refractivity contribution >= 4 is 29.2 Å². The first-order chi connectivity index (χ1) is 14.5. The Bertz CT molecular complexity index is 954. The second-order valence-corrected chi connectivity index (χ2v) is 6.48. The van der Waals surface area contributed by atoms with Crippen molar-refractivity contribution < 1.29 is 18.0 Å². The third-order valence-corrected chi connectivity index (χ3v) is 4.51. The number of nitrogens with two attached hydrogens (primary N) is 1. The molecule has 0 spiro atoms. The van der Waals surface area contributed by atoms with Gasteiger partial charge in [-0.05, 0) is 24.6 Å². The molecular weight excluding hydrogens is 415 g/mol. The fourth-order valence-electron chi connectivity index (χ4n) is 2.90. The highest BCUT2D eigenvalue weighted by Gasteiger charge is 2.26. The van der Waals surface area contributed by atoms with Crippen molar-refractivity contribution in [3.05, 3.63) is 66.0 Å². The lowest BCUT2D eigenvalue weighted by Gasteiger charge is -2.18. The van der Waals surface area contributed by atoms with Crippen molar-refractivity contribution in [2.24, 2.45) is 5.14 Å². The number of halogens is 3. The summed E-state index contributed by atoms with van der Waals surface area (Å²) in [7, 11) is 0. The number of hydrogen-bond donors (Lipinski definition) is 2. The monoisotopic (exact) mass is 439 g/mol. The minimum Gasteiger partial charge on any atom is -0.366 e. The highest BCUT2D eigenvalue weighted by molar-refractivity contribution is 7.95. The second-order valence-electron chi connectivity index (χ2n) is 6.04. The molecule has 0 radical (unpaired) electrons. The van der Waals surface area contributed by atoms with Crippen molar-refractivity contribution in [3.8, 4) is 0 Å². The van der Waals surface area contributed by atoms with Gasteiger partial charge in [-0.3, -0.25) is 14.7 Å². The van der Waals surface area contributed by atoms with Gasteiger partial charge in [0.25, 0.3) is 5.91 Å². The summed E-state index contributed by atoms with van der Waals surface area (Å²) in [6.07, 6.45) is 2.24. The van der Waals surface area contributed by atoms with E-state index in [2.05, 4.69) is 9.82 Å². The Morgan fingerprint density at radius 3 is 2.47 bits per heavy atom.